The van der Waals surface area contributed by atoms with Crippen LogP contribution >= 0.6 is 0 Å². The van der Waals surface area contributed by atoms with Gasteiger partial charge in [0.2, 0.25) is 0 Å². The molecule has 0 radical (unpaired) electrons. The van der Waals surface area contributed by atoms with Crippen molar-refractivity contribution in [1.29, 1.82) is 0 Å². The second-order valence-electron chi connectivity index (χ2n) is 9.29. The zero-order chi connectivity index (χ0) is 36.0. The van der Waals surface area contributed by atoms with Crippen molar-refractivity contribution in [2.24, 2.45) is 0 Å². The van der Waals surface area contributed by atoms with Crippen LogP contribution < -0.4 is 9.47 Å². The van der Waals surface area contributed by atoms with Crippen molar-refractivity contribution in [3.8, 4) is 23.0 Å². The van der Waals surface area contributed by atoms with Crippen LogP contribution in [0, 0.1) is 17.5 Å². The summed E-state index contributed by atoms with van der Waals surface area (Å²) >= 11 is 0. The second-order valence-corrected chi connectivity index (χ2v) is 9.29. The van der Waals surface area contributed by atoms with Gasteiger partial charge in [-0.3, -0.25) is 19.3 Å². The average molecular weight is 675 g/mol. The smallest absolute Gasteiger partial charge is 0.342 e. The van der Waals surface area contributed by atoms with E-state index in [0.717, 1.165) is 39.6 Å². The summed E-state index contributed by atoms with van der Waals surface area (Å²) in [4.78, 5) is 43.2. The van der Waals surface area contributed by atoms with Crippen LogP contribution in [0.2, 0.25) is 0 Å². The minimum absolute atomic E-state index is 0.162. The van der Waals surface area contributed by atoms with Crippen LogP contribution in [-0.4, -0.2) is 78.7 Å². The largest absolute Gasteiger partial charge is 0.507 e. The van der Waals surface area contributed by atoms with Gasteiger partial charge in [0.15, 0.2) is 0 Å². The number of phenolic OH excluding ortho intramolecular Hbond substituents is 1. The Kier molecular flexibility index (Phi) is 14.7. The average Bonchev–Trinajstić information content (AvgIpc) is 3.06. The first kappa shape index (κ1) is 38.4. The first-order chi connectivity index (χ1) is 22.8. The third-order valence-corrected chi connectivity index (χ3v) is 6.27. The molecule has 0 atom stereocenters. The highest BCUT2D eigenvalue weighted by Crippen LogP contribution is 2.25. The molecule has 4 aromatic carbocycles. The summed E-state index contributed by atoms with van der Waals surface area (Å²) in [6, 6.07) is 18.5. The predicted octanol–water partition coefficient (Wildman–Crippen LogP) is 5.44. The number of aromatic carboxylic acids is 1. The molecule has 256 valence electrons. The van der Waals surface area contributed by atoms with E-state index in [1.807, 2.05) is 12.1 Å². The van der Waals surface area contributed by atoms with E-state index in [9.17, 15) is 32.7 Å². The van der Waals surface area contributed by atoms with E-state index >= 15 is 0 Å². The topological polar surface area (TPSA) is 155 Å². The third-order valence-electron chi connectivity index (χ3n) is 6.27. The third kappa shape index (κ3) is 10.4. The Bertz CT molecular complexity index is 1660. The normalized spacial score (nSPS) is 10.0. The number of halogens is 3. The minimum atomic E-state index is -1.47. The molecule has 0 aliphatic rings. The van der Waals surface area contributed by atoms with Crippen molar-refractivity contribution >= 4 is 17.8 Å². The van der Waals surface area contributed by atoms with Gasteiger partial charge < -0.3 is 24.8 Å². The Hall–Kier alpha value is -5.80. The molecule has 0 fully saturated rings. The molecule has 0 heterocycles. The van der Waals surface area contributed by atoms with Gasteiger partial charge in [0.05, 0.1) is 21.3 Å². The van der Waals surface area contributed by atoms with Gasteiger partial charge in [0.1, 0.15) is 63.7 Å². The lowest BCUT2D eigenvalue weighted by Crippen LogP contribution is -2.26. The maximum atomic E-state index is 14.0. The predicted molar refractivity (Wildman–Crippen MR) is 165 cm³/mol. The van der Waals surface area contributed by atoms with Gasteiger partial charge in [-0.15, -0.1) is 0 Å². The fourth-order valence-electron chi connectivity index (χ4n) is 3.64. The minimum Gasteiger partial charge on any atom is -0.507 e. The van der Waals surface area contributed by atoms with E-state index in [2.05, 4.69) is 4.84 Å². The van der Waals surface area contributed by atoms with Crippen molar-refractivity contribution in [2.75, 3.05) is 35.4 Å². The molecule has 4 rings (SSSR count). The van der Waals surface area contributed by atoms with Crippen molar-refractivity contribution < 1.29 is 62.0 Å². The van der Waals surface area contributed by atoms with Crippen LogP contribution in [-0.2, 0) is 16.3 Å². The van der Waals surface area contributed by atoms with Gasteiger partial charge in [-0.25, -0.2) is 28.1 Å². The number of nitrogens with zero attached hydrogens (tertiary/aromatic N) is 2. The van der Waals surface area contributed by atoms with Crippen LogP contribution in [0.1, 0.15) is 36.6 Å². The maximum absolute atomic E-state index is 14.0. The molecular weight excluding hydrogens is 641 g/mol. The molecule has 0 aliphatic carbocycles. The van der Waals surface area contributed by atoms with Gasteiger partial charge in [-0.2, -0.15) is 0 Å². The lowest BCUT2D eigenvalue weighted by Gasteiger charge is -2.17. The van der Waals surface area contributed by atoms with E-state index in [1.165, 1.54) is 58.6 Å². The summed E-state index contributed by atoms with van der Waals surface area (Å²) in [5, 5.41) is 28.2. The molecule has 48 heavy (non-hydrogen) atoms. The van der Waals surface area contributed by atoms with Gasteiger partial charge >= 0.3 is 5.97 Å². The van der Waals surface area contributed by atoms with Crippen LogP contribution in [0.5, 0.6) is 23.0 Å². The highest BCUT2D eigenvalue weighted by molar-refractivity contribution is 5.97. The Morgan fingerprint density at radius 2 is 1.08 bits per heavy atom. The van der Waals surface area contributed by atoms with Crippen molar-refractivity contribution in [3.05, 3.63) is 119 Å². The molecular formula is C33H33F3N2O10. The number of carboxylic acid groups (broad SMARTS) is 1. The molecule has 2 amide bonds. The Labute approximate surface area is 273 Å². The first-order valence-corrected chi connectivity index (χ1v) is 13.6. The summed E-state index contributed by atoms with van der Waals surface area (Å²) in [5.74, 6) is -5.26. The number of benzene rings is 4. The number of carbonyl (C=O) groups is 3. The molecule has 0 aliphatic heterocycles. The molecule has 0 saturated carbocycles. The summed E-state index contributed by atoms with van der Waals surface area (Å²) < 4.78 is 50.4. The number of aromatic hydroxyl groups is 2. The monoisotopic (exact) mass is 674 g/mol. The van der Waals surface area contributed by atoms with Gasteiger partial charge in [-0.05, 0) is 54.1 Å². The lowest BCUT2D eigenvalue weighted by molar-refractivity contribution is -0.0761. The van der Waals surface area contributed by atoms with Crippen LogP contribution in [0.15, 0.2) is 78.9 Å². The van der Waals surface area contributed by atoms with E-state index in [4.69, 9.17) is 24.5 Å². The molecule has 0 aromatic heterocycles. The number of rotatable bonds is 9. The summed E-state index contributed by atoms with van der Waals surface area (Å²) in [5.41, 5.74) is -0.372. The number of hydrogen-bond donors (Lipinski definition) is 3. The van der Waals surface area contributed by atoms with Crippen LogP contribution in [0.4, 0.5) is 13.2 Å². The number of carboxylic acids is 1. The summed E-state index contributed by atoms with van der Waals surface area (Å²) in [6.07, 6.45) is 0. The van der Waals surface area contributed by atoms with Crippen molar-refractivity contribution in [2.45, 2.75) is 6.61 Å². The number of amides is 2. The fourth-order valence-corrected chi connectivity index (χ4v) is 3.64. The molecule has 0 bridgehead atoms. The fraction of sp³-hybridized carbons (Fsp3) is 0.182. The highest BCUT2D eigenvalue weighted by Gasteiger charge is 2.22. The van der Waals surface area contributed by atoms with Gasteiger partial charge in [0, 0.05) is 14.1 Å². The van der Waals surface area contributed by atoms with Crippen molar-refractivity contribution in [1.82, 2.24) is 10.1 Å². The number of ether oxygens (including phenoxy) is 2. The molecule has 15 heteroatoms. The Balaban J connectivity index is 0.000000273. The quantitative estimate of drug-likeness (QED) is 0.196. The Morgan fingerprint density at radius 1 is 0.646 bits per heavy atom. The van der Waals surface area contributed by atoms with E-state index in [-0.39, 0.29) is 17.9 Å². The van der Waals surface area contributed by atoms with E-state index < -0.39 is 57.9 Å². The van der Waals surface area contributed by atoms with Crippen LogP contribution in [0.25, 0.3) is 0 Å². The lowest BCUT2D eigenvalue weighted by atomic mass is 10.1. The van der Waals surface area contributed by atoms with Crippen LogP contribution in [0.3, 0.4) is 0 Å². The number of methoxy groups -OCH3 is 1. The standard InChI is InChI=1S/C17H18FNO4.C9H10FNO3.C7H5FO3/c1-19(22-3)17(20)16-14(18)5-4-6-15(16)23-11-12-7-9-13(21-2)10-8-12;1-11(14-2)9(13)8-6(10)4-3-5-7(8)12;8-4-2-1-3-5(9)6(4)7(10)11/h4-10H,11H2,1-3H3;3-5,12H,1-2H3;1-3,9H,(H,10,11). The summed E-state index contributed by atoms with van der Waals surface area (Å²) in [6.45, 7) is 0.199. The van der Waals surface area contributed by atoms with E-state index in [1.54, 1.807) is 25.3 Å². The van der Waals surface area contributed by atoms with Crippen molar-refractivity contribution in [3.63, 3.8) is 0 Å². The molecule has 0 spiro atoms. The number of phenols is 2. The van der Waals surface area contributed by atoms with Gasteiger partial charge in [0.25, 0.3) is 11.8 Å². The SMILES string of the molecule is CON(C)C(=O)c1c(O)cccc1F.COc1ccc(COc2cccc(F)c2C(=O)N(C)OC)cc1.O=C(O)c1c(O)cccc1F. The molecule has 3 N–H and O–H groups in total. The molecule has 0 unspecified atom stereocenters. The highest BCUT2D eigenvalue weighted by atomic mass is 19.1. The Morgan fingerprint density at radius 3 is 1.50 bits per heavy atom. The first-order valence-electron chi connectivity index (χ1n) is 13.6. The zero-order valence-corrected chi connectivity index (χ0v) is 26.4. The zero-order valence-electron chi connectivity index (χ0n) is 26.4. The number of carbonyl (C=O) groups excluding carboxylic acids is 2. The molecule has 4 aromatic rings. The molecule has 0 saturated heterocycles. The maximum Gasteiger partial charge on any atom is 0.342 e. The molecule has 12 nitrogen and oxygen atoms in total. The number of hydroxylamine groups is 4. The summed E-state index contributed by atoms with van der Waals surface area (Å²) in [7, 11) is 6.92. The number of hydrogen-bond acceptors (Lipinski definition) is 9. The van der Waals surface area contributed by atoms with Gasteiger partial charge in [-0.1, -0.05) is 30.3 Å². The second kappa shape index (κ2) is 18.4. The van der Waals surface area contributed by atoms with E-state index in [0.29, 0.717) is 0 Å².